The Bertz CT molecular complexity index is 969. The Morgan fingerprint density at radius 3 is 2.83 bits per heavy atom. The van der Waals surface area contributed by atoms with Gasteiger partial charge in [0.1, 0.15) is 17.2 Å². The number of amides is 1. The molecule has 4 rings (SSSR count). The van der Waals surface area contributed by atoms with Gasteiger partial charge in [-0.3, -0.25) is 9.69 Å². The van der Waals surface area contributed by atoms with Gasteiger partial charge in [0, 0.05) is 36.8 Å². The molecule has 1 aromatic carbocycles. The van der Waals surface area contributed by atoms with Crippen LogP contribution in [0, 0.1) is 0 Å². The van der Waals surface area contributed by atoms with Gasteiger partial charge in [0.2, 0.25) is 0 Å². The summed E-state index contributed by atoms with van der Waals surface area (Å²) in [4.78, 5) is 26.0. The molecule has 1 aliphatic rings. The molecule has 1 amide bonds. The van der Waals surface area contributed by atoms with Crippen LogP contribution in [-0.2, 0) is 11.2 Å². The largest absolute Gasteiger partial charge is 0.346 e. The lowest BCUT2D eigenvalue weighted by molar-refractivity contribution is -0.121. The second-order valence-electron chi connectivity index (χ2n) is 5.73. The molecule has 0 aliphatic carbocycles. The number of fused-ring (bicyclic) bond motifs is 1. The van der Waals surface area contributed by atoms with E-state index >= 15 is 0 Å². The molecule has 3 heterocycles. The lowest BCUT2D eigenvalue weighted by atomic mass is 10.1. The zero-order valence-corrected chi connectivity index (χ0v) is 13.2. The van der Waals surface area contributed by atoms with Crippen molar-refractivity contribution in [1.82, 2.24) is 14.9 Å². The zero-order chi connectivity index (χ0) is 16.5. The van der Waals surface area contributed by atoms with Crippen molar-refractivity contribution in [2.75, 3.05) is 7.05 Å². The molecule has 5 nitrogen and oxygen atoms in total. The highest BCUT2D eigenvalue weighted by molar-refractivity contribution is 6.15. The van der Waals surface area contributed by atoms with Crippen molar-refractivity contribution in [3.05, 3.63) is 71.7 Å². The third-order valence-electron chi connectivity index (χ3n) is 4.14. The van der Waals surface area contributed by atoms with Crippen LogP contribution in [0.1, 0.15) is 11.1 Å². The Morgan fingerprint density at radius 1 is 1.17 bits per heavy atom. The second-order valence-corrected chi connectivity index (χ2v) is 5.73. The quantitative estimate of drug-likeness (QED) is 0.755. The van der Waals surface area contributed by atoms with E-state index in [9.17, 15) is 4.79 Å². The number of aromatic amines is 1. The first-order valence-electron chi connectivity index (χ1n) is 7.76. The lowest BCUT2D eigenvalue weighted by Crippen LogP contribution is -2.28. The summed E-state index contributed by atoms with van der Waals surface area (Å²) in [6.07, 6.45) is 6.04. The van der Waals surface area contributed by atoms with E-state index in [0.29, 0.717) is 12.1 Å². The number of nitrogens with zero attached hydrogens (tertiary/aromatic N) is 3. The number of pyridine rings is 1. The molecular formula is C19H16N4O. The molecule has 24 heavy (non-hydrogen) atoms. The van der Waals surface area contributed by atoms with Crippen LogP contribution in [0.3, 0.4) is 0 Å². The number of amidine groups is 1. The molecule has 2 aromatic heterocycles. The zero-order valence-electron chi connectivity index (χ0n) is 13.2. The summed E-state index contributed by atoms with van der Waals surface area (Å²) in [7, 11) is 1.77. The average Bonchev–Trinajstić information content (AvgIpc) is 3.13. The summed E-state index contributed by atoms with van der Waals surface area (Å²) >= 11 is 0. The number of benzene rings is 1. The van der Waals surface area contributed by atoms with Crippen molar-refractivity contribution in [3.8, 4) is 0 Å². The van der Waals surface area contributed by atoms with Crippen molar-refractivity contribution in [2.45, 2.75) is 6.42 Å². The minimum atomic E-state index is -0.0841. The van der Waals surface area contributed by atoms with E-state index in [2.05, 4.69) is 15.0 Å². The summed E-state index contributed by atoms with van der Waals surface area (Å²) in [6, 6.07) is 13.9. The van der Waals surface area contributed by atoms with Gasteiger partial charge in [-0.25, -0.2) is 9.98 Å². The maximum absolute atomic E-state index is 12.5. The molecule has 0 unspecified atom stereocenters. The number of carbonyl (C=O) groups is 1. The summed E-state index contributed by atoms with van der Waals surface area (Å²) < 4.78 is 0. The number of rotatable bonds is 3. The molecular weight excluding hydrogens is 300 g/mol. The average molecular weight is 316 g/mol. The van der Waals surface area contributed by atoms with Gasteiger partial charge < -0.3 is 4.98 Å². The molecule has 1 aliphatic heterocycles. The lowest BCUT2D eigenvalue weighted by Gasteiger charge is -2.11. The van der Waals surface area contributed by atoms with Gasteiger partial charge in [-0.15, -0.1) is 0 Å². The Morgan fingerprint density at radius 2 is 2.00 bits per heavy atom. The van der Waals surface area contributed by atoms with Crippen LogP contribution in [0.4, 0.5) is 0 Å². The van der Waals surface area contributed by atoms with E-state index in [1.54, 1.807) is 18.1 Å². The predicted octanol–water partition coefficient (Wildman–Crippen LogP) is 3.02. The topological polar surface area (TPSA) is 61.4 Å². The summed E-state index contributed by atoms with van der Waals surface area (Å²) in [5.41, 5.74) is 3.30. The monoisotopic (exact) mass is 316 g/mol. The fraction of sp³-hybridized carbons (Fsp3) is 0.105. The van der Waals surface area contributed by atoms with Crippen LogP contribution in [0.15, 0.2) is 65.5 Å². The molecule has 118 valence electrons. The van der Waals surface area contributed by atoms with Gasteiger partial charge in [-0.1, -0.05) is 30.3 Å². The van der Waals surface area contributed by atoms with E-state index in [4.69, 9.17) is 0 Å². The molecule has 0 spiro atoms. The minimum Gasteiger partial charge on any atom is -0.346 e. The third-order valence-corrected chi connectivity index (χ3v) is 4.14. The highest BCUT2D eigenvalue weighted by atomic mass is 16.2. The first kappa shape index (κ1) is 14.4. The van der Waals surface area contributed by atoms with E-state index < -0.39 is 0 Å². The second kappa shape index (κ2) is 5.77. The summed E-state index contributed by atoms with van der Waals surface area (Å²) in [5, 5.41) is 0.979. The molecule has 1 N–H and O–H groups in total. The molecule has 5 heteroatoms. The Balaban J connectivity index is 1.69. The number of aromatic nitrogens is 2. The van der Waals surface area contributed by atoms with Crippen molar-refractivity contribution < 1.29 is 4.79 Å². The van der Waals surface area contributed by atoms with Crippen LogP contribution >= 0.6 is 0 Å². The third kappa shape index (κ3) is 2.50. The van der Waals surface area contributed by atoms with Crippen LogP contribution in [0.25, 0.3) is 17.1 Å². The predicted molar refractivity (Wildman–Crippen MR) is 94.4 cm³/mol. The van der Waals surface area contributed by atoms with Gasteiger partial charge in [-0.2, -0.15) is 0 Å². The highest BCUT2D eigenvalue weighted by Gasteiger charge is 2.26. The molecule has 0 radical (unpaired) electrons. The van der Waals surface area contributed by atoms with Crippen LogP contribution in [-0.4, -0.2) is 33.7 Å². The Hall–Kier alpha value is -3.21. The molecule has 0 fully saturated rings. The standard InChI is InChI=1S/C19H16N4O/c1-23-17(10-13-6-3-2-4-7-13)22-16(19(23)24)11-14-12-21-18-15(14)8-5-9-20-18/h2-9,11-12H,10H2,1H3,(H,20,21)/b16-11-. The summed E-state index contributed by atoms with van der Waals surface area (Å²) in [5.74, 6) is 0.676. The number of hydrogen-bond donors (Lipinski definition) is 1. The van der Waals surface area contributed by atoms with Crippen molar-refractivity contribution in [1.29, 1.82) is 0 Å². The fourth-order valence-corrected chi connectivity index (χ4v) is 2.83. The van der Waals surface area contributed by atoms with E-state index in [1.165, 1.54) is 0 Å². The smallest absolute Gasteiger partial charge is 0.277 e. The van der Waals surface area contributed by atoms with Gasteiger partial charge in [0.15, 0.2) is 0 Å². The first-order chi connectivity index (χ1) is 11.7. The first-order valence-corrected chi connectivity index (χ1v) is 7.76. The number of carbonyl (C=O) groups excluding carboxylic acids is 1. The number of aliphatic imine (C=N–C) groups is 1. The normalized spacial score (nSPS) is 16.2. The molecule has 0 saturated heterocycles. The number of nitrogens with one attached hydrogen (secondary N) is 1. The van der Waals surface area contributed by atoms with Crippen LogP contribution in [0.5, 0.6) is 0 Å². The minimum absolute atomic E-state index is 0.0841. The number of H-pyrrole nitrogens is 1. The molecule has 0 saturated carbocycles. The van der Waals surface area contributed by atoms with Crippen molar-refractivity contribution >= 4 is 28.9 Å². The molecule has 0 bridgehead atoms. The van der Waals surface area contributed by atoms with Crippen molar-refractivity contribution in [2.24, 2.45) is 4.99 Å². The number of likely N-dealkylation sites (N-methyl/N-ethyl adjacent to an activating group) is 1. The SMILES string of the molecule is CN1C(=O)/C(=C/c2c[nH]c3ncccc23)N=C1Cc1ccccc1. The van der Waals surface area contributed by atoms with Crippen LogP contribution in [0.2, 0.25) is 0 Å². The van der Waals surface area contributed by atoms with E-state index in [-0.39, 0.29) is 5.91 Å². The maximum Gasteiger partial charge on any atom is 0.277 e. The Kier molecular flexibility index (Phi) is 3.46. The maximum atomic E-state index is 12.5. The van der Waals surface area contributed by atoms with Crippen molar-refractivity contribution in [3.63, 3.8) is 0 Å². The van der Waals surface area contributed by atoms with Gasteiger partial charge >= 0.3 is 0 Å². The molecule has 0 atom stereocenters. The Labute approximate surface area is 139 Å². The number of hydrogen-bond acceptors (Lipinski definition) is 3. The van der Waals surface area contributed by atoms with Gasteiger partial charge in [-0.05, 0) is 23.8 Å². The van der Waals surface area contributed by atoms with Crippen LogP contribution < -0.4 is 0 Å². The fourth-order valence-electron chi connectivity index (χ4n) is 2.83. The van der Waals surface area contributed by atoms with E-state index in [1.807, 2.05) is 54.7 Å². The highest BCUT2D eigenvalue weighted by Crippen LogP contribution is 2.23. The van der Waals surface area contributed by atoms with Gasteiger partial charge in [0.25, 0.3) is 5.91 Å². The van der Waals surface area contributed by atoms with E-state index in [0.717, 1.165) is 28.0 Å². The summed E-state index contributed by atoms with van der Waals surface area (Å²) in [6.45, 7) is 0. The molecule has 3 aromatic rings. The van der Waals surface area contributed by atoms with Gasteiger partial charge in [0.05, 0.1) is 0 Å².